The molecule has 2 atom stereocenters. The van der Waals surface area contributed by atoms with E-state index in [0.717, 1.165) is 6.26 Å². The van der Waals surface area contributed by atoms with Gasteiger partial charge in [-0.25, -0.2) is 8.42 Å². The van der Waals surface area contributed by atoms with E-state index in [1.807, 2.05) is 6.07 Å². The molecule has 128 valence electrons. The molecule has 2 N–H and O–H groups in total. The zero-order valence-electron chi connectivity index (χ0n) is 12.9. The van der Waals surface area contributed by atoms with E-state index in [1.54, 1.807) is 23.1 Å². The smallest absolute Gasteiger partial charge is 0.239 e. The number of rotatable bonds is 6. The van der Waals surface area contributed by atoms with Crippen molar-refractivity contribution in [3.8, 4) is 5.75 Å². The molecule has 1 aliphatic rings. The number of hydrogen-bond acceptors (Lipinski definition) is 5. The standard InChI is InChI=1S/C15H21ClN2O4S/c1-23(20,21)8-6-14(17)15(19)18-7-5-13(10-18)22-12-4-2-3-11(16)9-12/h2-4,9,13-14H,5-8,10,17H2,1H3/t13-,14+/m1/s1. The van der Waals surface area contributed by atoms with Crippen molar-refractivity contribution in [3.05, 3.63) is 29.3 Å². The highest BCUT2D eigenvalue weighted by atomic mass is 35.5. The van der Waals surface area contributed by atoms with Crippen LogP contribution in [0.2, 0.25) is 5.02 Å². The summed E-state index contributed by atoms with van der Waals surface area (Å²) in [7, 11) is -3.12. The molecule has 0 aliphatic carbocycles. The van der Waals surface area contributed by atoms with E-state index >= 15 is 0 Å². The molecule has 0 saturated carbocycles. The lowest BCUT2D eigenvalue weighted by atomic mass is 10.2. The van der Waals surface area contributed by atoms with Gasteiger partial charge in [-0.2, -0.15) is 0 Å². The second-order valence-corrected chi connectivity index (χ2v) is 8.49. The zero-order chi connectivity index (χ0) is 17.0. The average Bonchev–Trinajstić information content (AvgIpc) is 2.91. The van der Waals surface area contributed by atoms with Gasteiger partial charge in [0.05, 0.1) is 18.3 Å². The summed E-state index contributed by atoms with van der Waals surface area (Å²) < 4.78 is 28.1. The first kappa shape index (κ1) is 18.0. The van der Waals surface area contributed by atoms with Gasteiger partial charge >= 0.3 is 0 Å². The van der Waals surface area contributed by atoms with Crippen LogP contribution in [-0.2, 0) is 14.6 Å². The number of ether oxygens (including phenoxy) is 1. The fourth-order valence-corrected chi connectivity index (χ4v) is 3.32. The molecule has 0 unspecified atom stereocenters. The van der Waals surface area contributed by atoms with Crippen LogP contribution in [0.4, 0.5) is 0 Å². The first-order valence-corrected chi connectivity index (χ1v) is 9.83. The number of nitrogens with zero attached hydrogens (tertiary/aromatic N) is 1. The summed E-state index contributed by atoms with van der Waals surface area (Å²) in [6, 6.07) is 6.31. The number of likely N-dealkylation sites (tertiary alicyclic amines) is 1. The van der Waals surface area contributed by atoms with Crippen molar-refractivity contribution in [2.24, 2.45) is 5.73 Å². The number of sulfone groups is 1. The van der Waals surface area contributed by atoms with Gasteiger partial charge in [0.2, 0.25) is 5.91 Å². The second kappa shape index (κ2) is 7.51. The van der Waals surface area contributed by atoms with Gasteiger partial charge < -0.3 is 15.4 Å². The molecule has 1 saturated heterocycles. The third-order valence-electron chi connectivity index (χ3n) is 3.67. The van der Waals surface area contributed by atoms with E-state index in [9.17, 15) is 13.2 Å². The van der Waals surface area contributed by atoms with Gasteiger partial charge in [-0.15, -0.1) is 0 Å². The van der Waals surface area contributed by atoms with Gasteiger partial charge in [-0.1, -0.05) is 17.7 Å². The Bertz CT molecular complexity index is 665. The Kier molecular flexibility index (Phi) is 5.89. The molecule has 0 aromatic heterocycles. The molecule has 8 heteroatoms. The van der Waals surface area contributed by atoms with Crippen LogP contribution < -0.4 is 10.5 Å². The average molecular weight is 361 g/mol. The maximum Gasteiger partial charge on any atom is 0.239 e. The number of hydrogen-bond donors (Lipinski definition) is 1. The van der Waals surface area contributed by atoms with Crippen molar-refractivity contribution in [1.82, 2.24) is 4.90 Å². The van der Waals surface area contributed by atoms with Crippen LogP contribution in [0.1, 0.15) is 12.8 Å². The lowest BCUT2D eigenvalue weighted by molar-refractivity contribution is -0.131. The monoisotopic (exact) mass is 360 g/mol. The molecule has 1 aromatic carbocycles. The predicted octanol–water partition coefficient (Wildman–Crippen LogP) is 1.08. The van der Waals surface area contributed by atoms with Crippen molar-refractivity contribution in [2.45, 2.75) is 25.0 Å². The lowest BCUT2D eigenvalue weighted by Crippen LogP contribution is -2.44. The summed E-state index contributed by atoms with van der Waals surface area (Å²) in [6.07, 6.45) is 1.86. The quantitative estimate of drug-likeness (QED) is 0.819. The van der Waals surface area contributed by atoms with Gasteiger partial charge in [0.1, 0.15) is 21.7 Å². The number of carbonyl (C=O) groups is 1. The predicted molar refractivity (Wildman–Crippen MR) is 89.4 cm³/mol. The number of amides is 1. The Morgan fingerprint density at radius 1 is 1.52 bits per heavy atom. The molecule has 23 heavy (non-hydrogen) atoms. The van der Waals surface area contributed by atoms with E-state index in [2.05, 4.69) is 0 Å². The molecule has 1 amide bonds. The minimum Gasteiger partial charge on any atom is -0.488 e. The summed E-state index contributed by atoms with van der Waals surface area (Å²) in [4.78, 5) is 13.9. The van der Waals surface area contributed by atoms with Gasteiger partial charge in [0.15, 0.2) is 0 Å². The zero-order valence-corrected chi connectivity index (χ0v) is 14.5. The lowest BCUT2D eigenvalue weighted by Gasteiger charge is -2.21. The summed E-state index contributed by atoms with van der Waals surface area (Å²) in [5.74, 6) is 0.347. The van der Waals surface area contributed by atoms with Gasteiger partial charge in [-0.3, -0.25) is 4.79 Å². The van der Waals surface area contributed by atoms with Crippen molar-refractivity contribution < 1.29 is 17.9 Å². The molecule has 1 aromatic rings. The van der Waals surface area contributed by atoms with Crippen molar-refractivity contribution in [3.63, 3.8) is 0 Å². The number of carbonyl (C=O) groups excluding carboxylic acids is 1. The van der Waals surface area contributed by atoms with Crippen LogP contribution in [0.25, 0.3) is 0 Å². The number of halogens is 1. The van der Waals surface area contributed by atoms with E-state index in [4.69, 9.17) is 22.1 Å². The SMILES string of the molecule is CS(=O)(=O)CC[C@H](N)C(=O)N1CC[C@@H](Oc2cccc(Cl)c2)C1. The van der Waals surface area contributed by atoms with Crippen molar-refractivity contribution >= 4 is 27.3 Å². The minimum absolute atomic E-state index is 0.0871. The van der Waals surface area contributed by atoms with E-state index in [-0.39, 0.29) is 24.2 Å². The van der Waals surface area contributed by atoms with E-state index in [1.165, 1.54) is 0 Å². The third kappa shape index (κ3) is 5.67. The van der Waals surface area contributed by atoms with Crippen LogP contribution >= 0.6 is 11.6 Å². The van der Waals surface area contributed by atoms with Crippen LogP contribution in [0, 0.1) is 0 Å². The van der Waals surface area contributed by atoms with Gasteiger partial charge in [-0.05, 0) is 24.6 Å². The van der Waals surface area contributed by atoms with Crippen LogP contribution in [0.3, 0.4) is 0 Å². The fourth-order valence-electron chi connectivity index (χ4n) is 2.46. The Balaban J connectivity index is 1.85. The minimum atomic E-state index is -3.12. The van der Waals surface area contributed by atoms with Crippen LogP contribution in [0.15, 0.2) is 24.3 Å². The molecule has 1 fully saturated rings. The Morgan fingerprint density at radius 3 is 2.91 bits per heavy atom. The molecular formula is C15H21ClN2O4S. The maximum atomic E-state index is 12.2. The first-order chi connectivity index (χ1) is 10.7. The fraction of sp³-hybridized carbons (Fsp3) is 0.533. The largest absolute Gasteiger partial charge is 0.488 e. The van der Waals surface area contributed by atoms with Gasteiger partial charge in [0.25, 0.3) is 0 Å². The van der Waals surface area contributed by atoms with Crippen LogP contribution in [0.5, 0.6) is 5.75 Å². The number of benzene rings is 1. The normalized spacial score (nSPS) is 19.6. The summed E-state index contributed by atoms with van der Waals surface area (Å²) >= 11 is 5.91. The number of nitrogens with two attached hydrogens (primary N) is 1. The molecule has 0 radical (unpaired) electrons. The molecule has 1 aliphatic heterocycles. The highest BCUT2D eigenvalue weighted by Gasteiger charge is 2.30. The summed E-state index contributed by atoms with van der Waals surface area (Å²) in [5.41, 5.74) is 5.81. The Labute approximate surface area is 141 Å². The third-order valence-corrected chi connectivity index (χ3v) is 4.88. The van der Waals surface area contributed by atoms with Gasteiger partial charge in [0, 0.05) is 24.2 Å². The summed E-state index contributed by atoms with van der Waals surface area (Å²) in [5, 5.41) is 0.594. The molecule has 6 nitrogen and oxygen atoms in total. The van der Waals surface area contributed by atoms with E-state index < -0.39 is 15.9 Å². The van der Waals surface area contributed by atoms with E-state index in [0.29, 0.717) is 30.3 Å². The summed E-state index contributed by atoms with van der Waals surface area (Å²) in [6.45, 7) is 0.995. The molecule has 0 bridgehead atoms. The second-order valence-electron chi connectivity index (χ2n) is 5.80. The van der Waals surface area contributed by atoms with Crippen molar-refractivity contribution in [2.75, 3.05) is 25.1 Å². The Morgan fingerprint density at radius 2 is 2.26 bits per heavy atom. The molecular weight excluding hydrogens is 340 g/mol. The molecule has 2 rings (SSSR count). The topological polar surface area (TPSA) is 89.7 Å². The van der Waals surface area contributed by atoms with Crippen LogP contribution in [-0.4, -0.2) is 56.5 Å². The highest BCUT2D eigenvalue weighted by molar-refractivity contribution is 7.90. The molecule has 0 spiro atoms. The highest BCUT2D eigenvalue weighted by Crippen LogP contribution is 2.22. The Hall–Kier alpha value is -1.31. The first-order valence-electron chi connectivity index (χ1n) is 7.39. The molecule has 1 heterocycles. The maximum absolute atomic E-state index is 12.2. The van der Waals surface area contributed by atoms with Crippen molar-refractivity contribution in [1.29, 1.82) is 0 Å².